The topological polar surface area (TPSA) is 50.5 Å². The van der Waals surface area contributed by atoms with E-state index >= 15 is 0 Å². The third-order valence-corrected chi connectivity index (χ3v) is 2.00. The second kappa shape index (κ2) is 5.48. The standard InChI is InChI=1S/C8H19N3O/c1-8(9)10-2-3-11-4-6-12-7-5-11/h8,10H,2-7,9H2,1H3. The van der Waals surface area contributed by atoms with Crippen molar-refractivity contribution in [3.63, 3.8) is 0 Å². The van der Waals surface area contributed by atoms with Crippen LogP contribution in [0, 0.1) is 0 Å². The molecule has 4 heteroatoms. The summed E-state index contributed by atoms with van der Waals surface area (Å²) in [6.07, 6.45) is 0.103. The van der Waals surface area contributed by atoms with Crippen LogP contribution in [-0.2, 0) is 4.74 Å². The van der Waals surface area contributed by atoms with Gasteiger partial charge in [-0.2, -0.15) is 0 Å². The number of nitrogens with one attached hydrogen (secondary N) is 1. The lowest BCUT2D eigenvalue weighted by Crippen LogP contribution is -2.43. The van der Waals surface area contributed by atoms with E-state index in [4.69, 9.17) is 10.5 Å². The molecular formula is C8H19N3O. The van der Waals surface area contributed by atoms with Crippen molar-refractivity contribution < 1.29 is 4.74 Å². The number of nitrogens with zero attached hydrogens (tertiary/aromatic N) is 1. The fraction of sp³-hybridized carbons (Fsp3) is 1.00. The molecule has 4 nitrogen and oxygen atoms in total. The fourth-order valence-electron chi connectivity index (χ4n) is 1.28. The minimum absolute atomic E-state index is 0.103. The number of hydrogen-bond acceptors (Lipinski definition) is 4. The first-order valence-corrected chi connectivity index (χ1v) is 4.58. The number of nitrogens with two attached hydrogens (primary N) is 1. The molecule has 1 aliphatic rings. The molecule has 1 heterocycles. The van der Waals surface area contributed by atoms with Crippen LogP contribution in [0.2, 0.25) is 0 Å². The molecule has 3 N–H and O–H groups in total. The average Bonchev–Trinajstić information content (AvgIpc) is 2.05. The van der Waals surface area contributed by atoms with Gasteiger partial charge in [0.2, 0.25) is 0 Å². The molecule has 0 radical (unpaired) electrons. The van der Waals surface area contributed by atoms with Gasteiger partial charge in [-0.05, 0) is 6.92 Å². The Hall–Kier alpha value is -0.160. The van der Waals surface area contributed by atoms with Crippen LogP contribution in [0.4, 0.5) is 0 Å². The van der Waals surface area contributed by atoms with Crippen LogP contribution in [0.15, 0.2) is 0 Å². The van der Waals surface area contributed by atoms with Crippen LogP contribution >= 0.6 is 0 Å². The number of ether oxygens (including phenoxy) is 1. The summed E-state index contributed by atoms with van der Waals surface area (Å²) in [5, 5.41) is 3.19. The van der Waals surface area contributed by atoms with Crippen molar-refractivity contribution in [2.75, 3.05) is 39.4 Å². The summed E-state index contributed by atoms with van der Waals surface area (Å²) < 4.78 is 5.24. The van der Waals surface area contributed by atoms with Gasteiger partial charge in [-0.25, -0.2) is 0 Å². The summed E-state index contributed by atoms with van der Waals surface area (Å²) in [6.45, 7) is 7.86. The average molecular weight is 173 g/mol. The molecule has 1 fully saturated rings. The van der Waals surface area contributed by atoms with Crippen LogP contribution in [0.5, 0.6) is 0 Å². The first-order chi connectivity index (χ1) is 5.79. The Bertz CT molecular complexity index is 113. The van der Waals surface area contributed by atoms with Crippen molar-refractivity contribution in [2.45, 2.75) is 13.1 Å². The molecule has 1 saturated heterocycles. The molecule has 1 aliphatic heterocycles. The van der Waals surface area contributed by atoms with Gasteiger partial charge in [0.05, 0.1) is 19.4 Å². The van der Waals surface area contributed by atoms with E-state index < -0.39 is 0 Å². The SMILES string of the molecule is CC(N)NCCN1CCOCC1. The Morgan fingerprint density at radius 3 is 2.75 bits per heavy atom. The molecule has 0 amide bonds. The predicted molar refractivity (Wildman–Crippen MR) is 48.9 cm³/mol. The fourth-order valence-corrected chi connectivity index (χ4v) is 1.28. The minimum atomic E-state index is 0.103. The highest BCUT2D eigenvalue weighted by Crippen LogP contribution is 1.94. The molecule has 0 aliphatic carbocycles. The molecule has 0 spiro atoms. The predicted octanol–water partition coefficient (Wildman–Crippen LogP) is -0.787. The Labute approximate surface area is 74.1 Å². The Balaban J connectivity index is 1.98. The van der Waals surface area contributed by atoms with Gasteiger partial charge in [0.1, 0.15) is 0 Å². The van der Waals surface area contributed by atoms with Crippen LogP contribution in [-0.4, -0.2) is 50.5 Å². The van der Waals surface area contributed by atoms with E-state index in [0.29, 0.717) is 0 Å². The molecule has 0 saturated carbocycles. The quantitative estimate of drug-likeness (QED) is 0.547. The maximum Gasteiger partial charge on any atom is 0.0594 e. The molecule has 1 unspecified atom stereocenters. The van der Waals surface area contributed by atoms with E-state index in [0.717, 1.165) is 39.4 Å². The van der Waals surface area contributed by atoms with Gasteiger partial charge in [0.25, 0.3) is 0 Å². The molecular weight excluding hydrogens is 154 g/mol. The summed E-state index contributed by atoms with van der Waals surface area (Å²) >= 11 is 0. The summed E-state index contributed by atoms with van der Waals surface area (Å²) in [6, 6.07) is 0. The summed E-state index contributed by atoms with van der Waals surface area (Å²) in [5.74, 6) is 0. The van der Waals surface area contributed by atoms with E-state index in [9.17, 15) is 0 Å². The molecule has 72 valence electrons. The Kier molecular flexibility index (Phi) is 4.53. The van der Waals surface area contributed by atoms with E-state index in [1.165, 1.54) is 0 Å². The minimum Gasteiger partial charge on any atom is -0.379 e. The zero-order chi connectivity index (χ0) is 8.81. The van der Waals surface area contributed by atoms with Crippen molar-refractivity contribution in [3.05, 3.63) is 0 Å². The monoisotopic (exact) mass is 173 g/mol. The first kappa shape index (κ1) is 9.92. The molecule has 0 bridgehead atoms. The third kappa shape index (κ3) is 4.01. The Morgan fingerprint density at radius 1 is 1.50 bits per heavy atom. The van der Waals surface area contributed by atoms with Crippen LogP contribution in [0.3, 0.4) is 0 Å². The Morgan fingerprint density at radius 2 is 2.17 bits per heavy atom. The second-order valence-electron chi connectivity index (χ2n) is 3.20. The van der Waals surface area contributed by atoms with Crippen molar-refractivity contribution in [3.8, 4) is 0 Å². The highest BCUT2D eigenvalue weighted by Gasteiger charge is 2.08. The summed E-state index contributed by atoms with van der Waals surface area (Å²) in [5.41, 5.74) is 5.55. The number of morpholine rings is 1. The van der Waals surface area contributed by atoms with Crippen molar-refractivity contribution in [2.24, 2.45) is 5.73 Å². The number of hydrogen-bond donors (Lipinski definition) is 2. The maximum absolute atomic E-state index is 5.55. The first-order valence-electron chi connectivity index (χ1n) is 4.58. The summed E-state index contributed by atoms with van der Waals surface area (Å²) in [7, 11) is 0. The number of rotatable bonds is 4. The van der Waals surface area contributed by atoms with E-state index in [2.05, 4.69) is 10.2 Å². The van der Waals surface area contributed by atoms with Crippen molar-refractivity contribution in [1.82, 2.24) is 10.2 Å². The van der Waals surface area contributed by atoms with E-state index in [1.54, 1.807) is 0 Å². The van der Waals surface area contributed by atoms with Gasteiger partial charge in [0.15, 0.2) is 0 Å². The van der Waals surface area contributed by atoms with Crippen LogP contribution < -0.4 is 11.1 Å². The molecule has 1 rings (SSSR count). The molecule has 1 atom stereocenters. The van der Waals surface area contributed by atoms with Gasteiger partial charge in [0, 0.05) is 26.2 Å². The molecule has 0 aromatic heterocycles. The summed E-state index contributed by atoms with van der Waals surface area (Å²) in [4.78, 5) is 2.39. The highest BCUT2D eigenvalue weighted by molar-refractivity contribution is 4.63. The molecule has 12 heavy (non-hydrogen) atoms. The second-order valence-corrected chi connectivity index (χ2v) is 3.20. The van der Waals surface area contributed by atoms with Gasteiger partial charge in [-0.1, -0.05) is 0 Å². The zero-order valence-corrected chi connectivity index (χ0v) is 7.75. The maximum atomic E-state index is 5.55. The molecule has 0 aromatic carbocycles. The third-order valence-electron chi connectivity index (χ3n) is 2.00. The largest absolute Gasteiger partial charge is 0.379 e. The van der Waals surface area contributed by atoms with Crippen LogP contribution in [0.1, 0.15) is 6.92 Å². The van der Waals surface area contributed by atoms with E-state index in [1.807, 2.05) is 6.92 Å². The lowest BCUT2D eigenvalue weighted by atomic mass is 10.4. The van der Waals surface area contributed by atoms with Gasteiger partial charge in [-0.3, -0.25) is 4.90 Å². The van der Waals surface area contributed by atoms with E-state index in [-0.39, 0.29) is 6.17 Å². The van der Waals surface area contributed by atoms with Crippen LogP contribution in [0.25, 0.3) is 0 Å². The highest BCUT2D eigenvalue weighted by atomic mass is 16.5. The van der Waals surface area contributed by atoms with Gasteiger partial charge >= 0.3 is 0 Å². The normalized spacial score (nSPS) is 22.5. The molecule has 0 aromatic rings. The van der Waals surface area contributed by atoms with Crippen molar-refractivity contribution in [1.29, 1.82) is 0 Å². The lowest BCUT2D eigenvalue weighted by Gasteiger charge is -2.26. The van der Waals surface area contributed by atoms with Gasteiger partial charge < -0.3 is 15.8 Å². The smallest absolute Gasteiger partial charge is 0.0594 e. The lowest BCUT2D eigenvalue weighted by molar-refractivity contribution is 0.0382. The van der Waals surface area contributed by atoms with Crippen molar-refractivity contribution >= 4 is 0 Å². The zero-order valence-electron chi connectivity index (χ0n) is 7.75. The van der Waals surface area contributed by atoms with Gasteiger partial charge in [-0.15, -0.1) is 0 Å².